The number of benzene rings is 1. The molecule has 0 aliphatic rings. The first-order valence-electron chi connectivity index (χ1n) is 10.3. The van der Waals surface area contributed by atoms with Crippen LogP contribution >= 0.6 is 11.6 Å². The zero-order valence-corrected chi connectivity index (χ0v) is 19.2. The Morgan fingerprint density at radius 3 is 2.59 bits per heavy atom. The van der Waals surface area contributed by atoms with Crippen LogP contribution in [0.15, 0.2) is 42.6 Å². The van der Waals surface area contributed by atoms with Crippen LogP contribution in [0.3, 0.4) is 0 Å². The average Bonchev–Trinajstić information content (AvgIpc) is 3.05. The number of methoxy groups -OCH3 is 1. The van der Waals surface area contributed by atoms with Gasteiger partial charge in [0.1, 0.15) is 0 Å². The number of nitrogens with zero attached hydrogens (tertiary/aromatic N) is 2. The molecule has 1 amide bonds. The lowest BCUT2D eigenvalue weighted by molar-refractivity contribution is -0.133. The monoisotopic (exact) mass is 418 g/mol. The molecule has 1 atom stereocenters. The molecule has 0 saturated heterocycles. The Hall–Kier alpha value is -1.78. The number of ether oxygens (including phenoxy) is 1. The lowest BCUT2D eigenvalue weighted by Gasteiger charge is -2.27. The largest absolute Gasteiger partial charge is 0.383 e. The van der Waals surface area contributed by atoms with E-state index in [1.165, 1.54) is 0 Å². The molecular formula is C24H35ClN2O2. The number of halogens is 1. The van der Waals surface area contributed by atoms with Crippen LogP contribution in [-0.4, -0.2) is 35.6 Å². The van der Waals surface area contributed by atoms with Crippen molar-refractivity contribution in [2.24, 2.45) is 11.3 Å². The molecule has 0 N–H and O–H groups in total. The topological polar surface area (TPSA) is 34.5 Å². The van der Waals surface area contributed by atoms with E-state index in [2.05, 4.69) is 38.3 Å². The number of carbonyl (C=O) groups excluding carboxylic acids is 1. The second-order valence-electron chi connectivity index (χ2n) is 9.10. The molecule has 0 aliphatic carbocycles. The van der Waals surface area contributed by atoms with Gasteiger partial charge in [0.2, 0.25) is 5.91 Å². The molecule has 0 radical (unpaired) electrons. The zero-order valence-electron chi connectivity index (χ0n) is 18.5. The van der Waals surface area contributed by atoms with E-state index in [0.717, 1.165) is 22.7 Å². The van der Waals surface area contributed by atoms with E-state index in [4.69, 9.17) is 16.3 Å². The normalized spacial score (nSPS) is 12.8. The van der Waals surface area contributed by atoms with Crippen molar-refractivity contribution in [2.75, 3.05) is 20.3 Å². The summed E-state index contributed by atoms with van der Waals surface area (Å²) in [5.74, 6) is 0.534. The van der Waals surface area contributed by atoms with E-state index in [1.54, 1.807) is 7.11 Å². The number of hydrogen-bond acceptors (Lipinski definition) is 2. The molecule has 2 aromatic rings. The van der Waals surface area contributed by atoms with Gasteiger partial charge in [0.05, 0.1) is 13.2 Å². The standard InChI is InChI=1S/C24H35ClN2O2/c1-19(16-24(2,3)4)15-23(28)27(13-14-29-5)18-21-10-8-12-26(21)17-20-9-6-7-11-22(20)25/h6-12,19H,13-18H2,1-5H3/t19-/m0/s1. The van der Waals surface area contributed by atoms with Crippen molar-refractivity contribution >= 4 is 17.5 Å². The number of rotatable bonds is 10. The molecule has 5 heteroatoms. The summed E-state index contributed by atoms with van der Waals surface area (Å²) in [6.45, 7) is 11.2. The summed E-state index contributed by atoms with van der Waals surface area (Å²) in [6, 6.07) is 12.0. The minimum absolute atomic E-state index is 0.185. The SMILES string of the molecule is COCCN(Cc1cccn1Cc1ccccc1Cl)C(=O)C[C@H](C)CC(C)(C)C. The van der Waals surface area contributed by atoms with Crippen molar-refractivity contribution in [2.45, 2.75) is 53.6 Å². The molecule has 0 unspecified atom stereocenters. The van der Waals surface area contributed by atoms with Crippen LogP contribution in [0.25, 0.3) is 0 Å². The third kappa shape index (κ3) is 7.87. The Morgan fingerprint density at radius 2 is 1.93 bits per heavy atom. The molecule has 1 heterocycles. The van der Waals surface area contributed by atoms with E-state index in [1.807, 2.05) is 41.4 Å². The highest BCUT2D eigenvalue weighted by Gasteiger charge is 2.22. The summed E-state index contributed by atoms with van der Waals surface area (Å²) in [5.41, 5.74) is 2.39. The maximum Gasteiger partial charge on any atom is 0.223 e. The van der Waals surface area contributed by atoms with Crippen LogP contribution in [0.5, 0.6) is 0 Å². The lowest BCUT2D eigenvalue weighted by Crippen LogP contribution is -2.35. The highest BCUT2D eigenvalue weighted by atomic mass is 35.5. The summed E-state index contributed by atoms with van der Waals surface area (Å²) in [4.78, 5) is 15.0. The van der Waals surface area contributed by atoms with Gasteiger partial charge in [-0.2, -0.15) is 0 Å². The third-order valence-corrected chi connectivity index (χ3v) is 5.35. The second-order valence-corrected chi connectivity index (χ2v) is 9.51. The van der Waals surface area contributed by atoms with Gasteiger partial charge in [-0.1, -0.05) is 57.5 Å². The highest BCUT2D eigenvalue weighted by Crippen LogP contribution is 2.26. The van der Waals surface area contributed by atoms with Gasteiger partial charge < -0.3 is 14.2 Å². The van der Waals surface area contributed by atoms with Gasteiger partial charge in [-0.05, 0) is 41.5 Å². The van der Waals surface area contributed by atoms with Crippen molar-refractivity contribution in [3.05, 3.63) is 58.9 Å². The van der Waals surface area contributed by atoms with Crippen LogP contribution in [0.1, 0.15) is 51.8 Å². The van der Waals surface area contributed by atoms with Crippen LogP contribution in [-0.2, 0) is 22.6 Å². The summed E-state index contributed by atoms with van der Waals surface area (Å²) in [6.07, 6.45) is 3.63. The van der Waals surface area contributed by atoms with Gasteiger partial charge in [-0.25, -0.2) is 0 Å². The molecule has 0 aliphatic heterocycles. The molecule has 4 nitrogen and oxygen atoms in total. The molecule has 0 fully saturated rings. The molecule has 0 bridgehead atoms. The highest BCUT2D eigenvalue weighted by molar-refractivity contribution is 6.31. The maximum atomic E-state index is 13.0. The lowest BCUT2D eigenvalue weighted by atomic mass is 9.84. The predicted molar refractivity (Wildman–Crippen MR) is 120 cm³/mol. The van der Waals surface area contributed by atoms with Crippen LogP contribution in [0.2, 0.25) is 5.02 Å². The fraction of sp³-hybridized carbons (Fsp3) is 0.542. The maximum absolute atomic E-state index is 13.0. The Kier molecular flexibility index (Phi) is 8.79. The van der Waals surface area contributed by atoms with E-state index < -0.39 is 0 Å². The van der Waals surface area contributed by atoms with Gasteiger partial charge in [0, 0.05) is 43.5 Å². The second kappa shape index (κ2) is 10.8. The van der Waals surface area contributed by atoms with E-state index in [-0.39, 0.29) is 11.3 Å². The Bertz CT molecular complexity index is 779. The van der Waals surface area contributed by atoms with Crippen molar-refractivity contribution < 1.29 is 9.53 Å². The minimum Gasteiger partial charge on any atom is -0.383 e. The summed E-state index contributed by atoms with van der Waals surface area (Å²) in [7, 11) is 1.67. The summed E-state index contributed by atoms with van der Waals surface area (Å²) in [5, 5.41) is 0.760. The smallest absolute Gasteiger partial charge is 0.223 e. The first-order valence-corrected chi connectivity index (χ1v) is 10.7. The number of amides is 1. The van der Waals surface area contributed by atoms with Crippen LogP contribution < -0.4 is 0 Å². The van der Waals surface area contributed by atoms with E-state index >= 15 is 0 Å². The van der Waals surface area contributed by atoms with Crippen LogP contribution in [0, 0.1) is 11.3 Å². The van der Waals surface area contributed by atoms with Gasteiger partial charge in [-0.15, -0.1) is 0 Å². The minimum atomic E-state index is 0.185. The van der Waals surface area contributed by atoms with Crippen molar-refractivity contribution in [3.8, 4) is 0 Å². The van der Waals surface area contributed by atoms with Gasteiger partial charge in [0.15, 0.2) is 0 Å². The number of carbonyl (C=O) groups is 1. The number of aromatic nitrogens is 1. The molecule has 1 aromatic carbocycles. The third-order valence-electron chi connectivity index (χ3n) is 4.98. The number of hydrogen-bond donors (Lipinski definition) is 0. The predicted octanol–water partition coefficient (Wildman–Crippen LogP) is 5.63. The molecule has 0 saturated carbocycles. The Balaban J connectivity index is 2.09. The molecule has 160 valence electrons. The van der Waals surface area contributed by atoms with Gasteiger partial charge in [0.25, 0.3) is 0 Å². The van der Waals surface area contributed by atoms with Crippen molar-refractivity contribution in [3.63, 3.8) is 0 Å². The molecule has 29 heavy (non-hydrogen) atoms. The van der Waals surface area contributed by atoms with Gasteiger partial charge in [-0.3, -0.25) is 4.79 Å². The van der Waals surface area contributed by atoms with Gasteiger partial charge >= 0.3 is 0 Å². The Labute approximate surface area is 180 Å². The first-order chi connectivity index (χ1) is 13.7. The first kappa shape index (κ1) is 23.5. The molecular weight excluding hydrogens is 384 g/mol. The van der Waals surface area contributed by atoms with Crippen molar-refractivity contribution in [1.29, 1.82) is 0 Å². The van der Waals surface area contributed by atoms with E-state index in [0.29, 0.717) is 38.6 Å². The van der Waals surface area contributed by atoms with Crippen LogP contribution in [0.4, 0.5) is 0 Å². The zero-order chi connectivity index (χ0) is 21.4. The van der Waals surface area contributed by atoms with E-state index in [9.17, 15) is 4.79 Å². The average molecular weight is 419 g/mol. The van der Waals surface area contributed by atoms with Crippen molar-refractivity contribution in [1.82, 2.24) is 9.47 Å². The fourth-order valence-corrected chi connectivity index (χ4v) is 3.99. The molecule has 0 spiro atoms. The quantitative estimate of drug-likeness (QED) is 0.501. The molecule has 2 rings (SSSR count). The Morgan fingerprint density at radius 1 is 1.21 bits per heavy atom. The summed E-state index contributed by atoms with van der Waals surface area (Å²) >= 11 is 6.33. The fourth-order valence-electron chi connectivity index (χ4n) is 3.79. The molecule has 1 aromatic heterocycles. The summed E-state index contributed by atoms with van der Waals surface area (Å²) < 4.78 is 7.41.